The minimum atomic E-state index is 0.733. The molecule has 0 aromatic heterocycles. The van der Waals surface area contributed by atoms with Crippen LogP contribution in [0.5, 0.6) is 0 Å². The Morgan fingerprint density at radius 1 is 1.53 bits per heavy atom. The van der Waals surface area contributed by atoms with Crippen molar-refractivity contribution in [2.75, 3.05) is 24.2 Å². The Hall–Kier alpha value is -0.830. The summed E-state index contributed by atoms with van der Waals surface area (Å²) in [5.41, 5.74) is 7.94. The largest absolute Gasteiger partial charge is 0.399 e. The maximum absolute atomic E-state index is 5.80. The molecule has 0 radical (unpaired) electrons. The number of benzene rings is 1. The number of fused-ring (bicyclic) bond motifs is 1. The van der Waals surface area contributed by atoms with E-state index in [1.165, 1.54) is 23.4 Å². The summed E-state index contributed by atoms with van der Waals surface area (Å²) in [6, 6.07) is 6.21. The maximum Gasteiger partial charge on any atom is 0.0522 e. The first-order valence-electron chi connectivity index (χ1n) is 5.48. The zero-order valence-electron chi connectivity index (χ0n) is 9.36. The molecule has 0 saturated heterocycles. The number of nitrogens with two attached hydrogens (primary N) is 1. The first-order chi connectivity index (χ1) is 7.20. The van der Waals surface area contributed by atoms with Crippen LogP contribution in [0.3, 0.4) is 0 Å². The Balaban J connectivity index is 2.24. The third kappa shape index (κ3) is 2.23. The zero-order chi connectivity index (χ0) is 10.8. The van der Waals surface area contributed by atoms with Gasteiger partial charge in [-0.3, -0.25) is 0 Å². The summed E-state index contributed by atoms with van der Waals surface area (Å²) in [6.45, 7) is 3.38. The molecule has 2 rings (SSSR count). The quantitative estimate of drug-likeness (QED) is 0.780. The van der Waals surface area contributed by atoms with Gasteiger partial charge in [0, 0.05) is 29.4 Å². The van der Waals surface area contributed by atoms with Crippen LogP contribution in [0.15, 0.2) is 23.1 Å². The van der Waals surface area contributed by atoms with Gasteiger partial charge in [-0.1, -0.05) is 13.3 Å². The molecule has 1 aliphatic heterocycles. The average Bonchev–Trinajstić information content (AvgIpc) is 2.20. The summed E-state index contributed by atoms with van der Waals surface area (Å²) in [4.78, 5) is 3.69. The van der Waals surface area contributed by atoms with Crippen molar-refractivity contribution in [3.63, 3.8) is 0 Å². The molecule has 1 aliphatic rings. The molecule has 0 saturated carbocycles. The molecule has 3 heteroatoms. The fourth-order valence-corrected chi connectivity index (χ4v) is 3.52. The molecule has 0 amide bonds. The molecule has 1 aromatic rings. The normalized spacial score (nSPS) is 20.1. The molecule has 2 N–H and O–H groups in total. The maximum atomic E-state index is 5.80. The molecule has 0 fully saturated rings. The van der Waals surface area contributed by atoms with E-state index in [0.29, 0.717) is 0 Å². The van der Waals surface area contributed by atoms with Gasteiger partial charge in [0.05, 0.1) is 5.69 Å². The van der Waals surface area contributed by atoms with Crippen LogP contribution in [-0.2, 0) is 0 Å². The van der Waals surface area contributed by atoms with E-state index in [1.54, 1.807) is 0 Å². The van der Waals surface area contributed by atoms with Crippen LogP contribution in [0.1, 0.15) is 19.8 Å². The van der Waals surface area contributed by atoms with Gasteiger partial charge >= 0.3 is 0 Å². The molecule has 1 atom stereocenters. The molecule has 1 heterocycles. The molecule has 0 bridgehead atoms. The highest BCUT2D eigenvalue weighted by molar-refractivity contribution is 8.00. The van der Waals surface area contributed by atoms with Gasteiger partial charge in [-0.05, 0) is 24.6 Å². The van der Waals surface area contributed by atoms with Gasteiger partial charge in [0.1, 0.15) is 0 Å². The molecule has 1 aromatic carbocycles. The molecule has 0 spiro atoms. The Morgan fingerprint density at radius 2 is 2.33 bits per heavy atom. The predicted molar refractivity (Wildman–Crippen MR) is 68.7 cm³/mol. The minimum absolute atomic E-state index is 0.733. The zero-order valence-corrected chi connectivity index (χ0v) is 10.2. The fraction of sp³-hybridized carbons (Fsp3) is 0.500. The van der Waals surface area contributed by atoms with E-state index in [-0.39, 0.29) is 0 Å². The molecule has 82 valence electrons. The van der Waals surface area contributed by atoms with E-state index in [9.17, 15) is 0 Å². The van der Waals surface area contributed by atoms with Gasteiger partial charge in [-0.15, -0.1) is 11.8 Å². The van der Waals surface area contributed by atoms with E-state index in [2.05, 4.69) is 31.0 Å². The van der Waals surface area contributed by atoms with Crippen LogP contribution in [-0.4, -0.2) is 18.8 Å². The van der Waals surface area contributed by atoms with Crippen LogP contribution >= 0.6 is 11.8 Å². The number of nitrogen functional groups attached to an aromatic ring is 1. The van der Waals surface area contributed by atoms with Crippen LogP contribution < -0.4 is 10.6 Å². The molecular weight excluding hydrogens is 204 g/mol. The van der Waals surface area contributed by atoms with Crippen LogP contribution in [0.25, 0.3) is 0 Å². The Bertz CT molecular complexity index is 351. The van der Waals surface area contributed by atoms with Crippen molar-refractivity contribution in [2.45, 2.75) is 29.9 Å². The molecule has 1 unspecified atom stereocenters. The number of hydrogen-bond donors (Lipinski definition) is 1. The first kappa shape index (κ1) is 10.7. The molecular formula is C12H18N2S. The van der Waals surface area contributed by atoms with Crippen molar-refractivity contribution >= 4 is 23.1 Å². The Labute approximate surface area is 95.8 Å². The first-order valence-corrected chi connectivity index (χ1v) is 6.36. The van der Waals surface area contributed by atoms with Crippen molar-refractivity contribution in [3.05, 3.63) is 18.2 Å². The molecule has 2 nitrogen and oxygen atoms in total. The van der Waals surface area contributed by atoms with Gasteiger partial charge < -0.3 is 10.6 Å². The second-order valence-electron chi connectivity index (χ2n) is 4.14. The number of thioether (sulfide) groups is 1. The number of nitrogens with zero attached hydrogens (tertiary/aromatic N) is 1. The van der Waals surface area contributed by atoms with Crippen molar-refractivity contribution < 1.29 is 0 Å². The average molecular weight is 222 g/mol. The van der Waals surface area contributed by atoms with Crippen molar-refractivity contribution in [1.82, 2.24) is 0 Å². The van der Waals surface area contributed by atoms with Crippen molar-refractivity contribution in [2.24, 2.45) is 0 Å². The van der Waals surface area contributed by atoms with Crippen LogP contribution in [0.4, 0.5) is 11.4 Å². The summed E-state index contributed by atoms with van der Waals surface area (Å²) in [5.74, 6) is 0. The molecule has 15 heavy (non-hydrogen) atoms. The Morgan fingerprint density at radius 3 is 3.07 bits per heavy atom. The lowest BCUT2D eigenvalue weighted by Gasteiger charge is -2.33. The van der Waals surface area contributed by atoms with Gasteiger partial charge in [-0.25, -0.2) is 0 Å². The Kier molecular flexibility index (Phi) is 3.10. The lowest BCUT2D eigenvalue weighted by atomic mass is 10.2. The SMILES string of the molecule is CCCC1CN(C)c2cc(N)ccc2S1. The van der Waals surface area contributed by atoms with Crippen LogP contribution in [0.2, 0.25) is 0 Å². The summed E-state index contributed by atoms with van der Waals surface area (Å²) in [7, 11) is 2.15. The summed E-state index contributed by atoms with van der Waals surface area (Å²) < 4.78 is 0. The lowest BCUT2D eigenvalue weighted by molar-refractivity contribution is 0.710. The second-order valence-corrected chi connectivity index (χ2v) is 5.48. The summed E-state index contributed by atoms with van der Waals surface area (Å²) in [5, 5.41) is 0.733. The standard InChI is InChI=1S/C12H18N2S/c1-3-4-10-8-14(2)11-7-9(13)5-6-12(11)15-10/h5-7,10H,3-4,8,13H2,1-2H3. The van der Waals surface area contributed by atoms with Crippen molar-refractivity contribution in [3.8, 4) is 0 Å². The molecule has 0 aliphatic carbocycles. The topological polar surface area (TPSA) is 29.3 Å². The van der Waals surface area contributed by atoms with Crippen LogP contribution in [0, 0.1) is 0 Å². The van der Waals surface area contributed by atoms with E-state index < -0.39 is 0 Å². The van der Waals surface area contributed by atoms with Crippen molar-refractivity contribution in [1.29, 1.82) is 0 Å². The van der Waals surface area contributed by atoms with Gasteiger partial charge in [0.15, 0.2) is 0 Å². The van der Waals surface area contributed by atoms with Gasteiger partial charge in [-0.2, -0.15) is 0 Å². The predicted octanol–water partition coefficient (Wildman–Crippen LogP) is 2.98. The highest BCUT2D eigenvalue weighted by Crippen LogP contribution is 2.40. The van der Waals surface area contributed by atoms with Gasteiger partial charge in [0.25, 0.3) is 0 Å². The lowest BCUT2D eigenvalue weighted by Crippen LogP contribution is -2.31. The smallest absolute Gasteiger partial charge is 0.0522 e. The van der Waals surface area contributed by atoms with E-state index in [0.717, 1.165) is 17.5 Å². The fourth-order valence-electron chi connectivity index (χ4n) is 2.03. The highest BCUT2D eigenvalue weighted by atomic mass is 32.2. The second kappa shape index (κ2) is 4.35. The highest BCUT2D eigenvalue weighted by Gasteiger charge is 2.22. The number of hydrogen-bond acceptors (Lipinski definition) is 3. The number of rotatable bonds is 2. The van der Waals surface area contributed by atoms with E-state index >= 15 is 0 Å². The third-order valence-electron chi connectivity index (χ3n) is 2.78. The van der Waals surface area contributed by atoms with E-state index in [4.69, 9.17) is 5.73 Å². The summed E-state index contributed by atoms with van der Waals surface area (Å²) in [6.07, 6.45) is 2.55. The summed E-state index contributed by atoms with van der Waals surface area (Å²) >= 11 is 2.00. The third-order valence-corrected chi connectivity index (χ3v) is 4.09. The van der Waals surface area contributed by atoms with E-state index in [1.807, 2.05) is 17.8 Å². The van der Waals surface area contributed by atoms with Gasteiger partial charge in [0.2, 0.25) is 0 Å². The number of anilines is 2. The minimum Gasteiger partial charge on any atom is -0.399 e. The monoisotopic (exact) mass is 222 g/mol.